The third-order valence-corrected chi connectivity index (χ3v) is 6.09. The summed E-state index contributed by atoms with van der Waals surface area (Å²) in [5.41, 5.74) is 3.94. The van der Waals surface area contributed by atoms with E-state index < -0.39 is 23.5 Å². The highest BCUT2D eigenvalue weighted by Gasteiger charge is 2.34. The number of imidazole rings is 1. The summed E-state index contributed by atoms with van der Waals surface area (Å²) in [6.45, 7) is 2.69. The maximum atomic E-state index is 13.9. The minimum Gasteiger partial charge on any atom is -0.495 e. The van der Waals surface area contributed by atoms with E-state index in [-0.39, 0.29) is 6.61 Å². The molecule has 9 heteroatoms. The molecule has 0 unspecified atom stereocenters. The molecule has 176 valence electrons. The van der Waals surface area contributed by atoms with Crippen LogP contribution in [0.1, 0.15) is 35.7 Å². The summed E-state index contributed by atoms with van der Waals surface area (Å²) in [6, 6.07) is 7.44. The molecule has 1 atom stereocenters. The van der Waals surface area contributed by atoms with E-state index >= 15 is 0 Å². The lowest BCUT2D eigenvalue weighted by Crippen LogP contribution is -2.44. The first-order valence-corrected chi connectivity index (χ1v) is 11.0. The van der Waals surface area contributed by atoms with Crippen molar-refractivity contribution in [1.29, 1.82) is 0 Å². The van der Waals surface area contributed by atoms with Gasteiger partial charge in [-0.15, -0.1) is 0 Å². The van der Waals surface area contributed by atoms with Crippen LogP contribution in [0.2, 0.25) is 0 Å². The highest BCUT2D eigenvalue weighted by Crippen LogP contribution is 2.34. The van der Waals surface area contributed by atoms with Crippen LogP contribution in [0.3, 0.4) is 0 Å². The van der Waals surface area contributed by atoms with E-state index in [9.17, 15) is 13.2 Å². The predicted molar refractivity (Wildman–Crippen MR) is 121 cm³/mol. The van der Waals surface area contributed by atoms with Crippen molar-refractivity contribution in [3.8, 4) is 11.4 Å². The van der Waals surface area contributed by atoms with Crippen LogP contribution in [0.5, 0.6) is 5.75 Å². The molecule has 2 aliphatic rings. The van der Waals surface area contributed by atoms with Gasteiger partial charge in [-0.25, -0.2) is 18.2 Å². The number of halogens is 3. The standard InChI is InChI=1S/C25H23F3N4O2/c1-15-12-31(14-29-15)21-6-5-16(9-23(21)33-2)8-17-4-3-7-32-22(13-34-30-25(17)32)18-10-19(26)24(28)20(27)11-18/h5-6,8-12,14,22H,3-4,7,13H2,1-2H3/t22-/m0/s1. The molecule has 3 heterocycles. The molecule has 1 aromatic heterocycles. The van der Waals surface area contributed by atoms with Gasteiger partial charge in [0.1, 0.15) is 12.4 Å². The molecule has 0 aliphatic carbocycles. The molecular weight excluding hydrogens is 445 g/mol. The number of methoxy groups -OCH3 is 1. The number of aromatic nitrogens is 2. The lowest BCUT2D eigenvalue weighted by molar-refractivity contribution is 0.0572. The highest BCUT2D eigenvalue weighted by atomic mass is 19.2. The van der Waals surface area contributed by atoms with E-state index in [0.29, 0.717) is 23.7 Å². The van der Waals surface area contributed by atoms with Crippen LogP contribution in [0.15, 0.2) is 53.6 Å². The summed E-state index contributed by atoms with van der Waals surface area (Å²) in [7, 11) is 1.62. The zero-order chi connectivity index (χ0) is 23.8. The first kappa shape index (κ1) is 22.1. The Bertz CT molecular complexity index is 1280. The van der Waals surface area contributed by atoms with Crippen LogP contribution < -0.4 is 4.74 Å². The van der Waals surface area contributed by atoms with Crippen molar-refractivity contribution in [3.63, 3.8) is 0 Å². The number of fused-ring (bicyclic) bond motifs is 1. The smallest absolute Gasteiger partial charge is 0.194 e. The molecule has 34 heavy (non-hydrogen) atoms. The maximum absolute atomic E-state index is 13.9. The number of piperidine rings is 1. The average molecular weight is 468 g/mol. The lowest BCUT2D eigenvalue weighted by Gasteiger charge is -2.40. The Hall–Kier alpha value is -3.75. The van der Waals surface area contributed by atoms with Crippen molar-refractivity contribution in [2.45, 2.75) is 25.8 Å². The molecule has 0 N–H and O–H groups in total. The third kappa shape index (κ3) is 4.02. The van der Waals surface area contributed by atoms with Crippen molar-refractivity contribution in [3.05, 3.63) is 82.7 Å². The molecular formula is C25H23F3N4O2. The van der Waals surface area contributed by atoms with E-state index in [1.54, 1.807) is 13.4 Å². The van der Waals surface area contributed by atoms with Gasteiger partial charge in [-0.05, 0) is 66.8 Å². The molecule has 0 saturated carbocycles. The SMILES string of the molecule is COc1cc(C=C2CCCN3C2=NOC[C@H]3c2cc(F)c(F)c(F)c2)ccc1-n1cnc(C)c1. The lowest BCUT2D eigenvalue weighted by atomic mass is 9.96. The van der Waals surface area contributed by atoms with Crippen LogP contribution >= 0.6 is 0 Å². The normalized spacial score (nSPS) is 19.0. The number of oxime groups is 1. The molecule has 5 rings (SSSR count). The Morgan fingerprint density at radius 3 is 2.65 bits per heavy atom. The zero-order valence-corrected chi connectivity index (χ0v) is 18.8. The quantitative estimate of drug-likeness (QED) is 0.496. The van der Waals surface area contributed by atoms with E-state index in [0.717, 1.165) is 47.5 Å². The largest absolute Gasteiger partial charge is 0.495 e. The molecule has 1 fully saturated rings. The Morgan fingerprint density at radius 2 is 1.94 bits per heavy atom. The number of amidine groups is 1. The highest BCUT2D eigenvalue weighted by molar-refractivity contribution is 6.03. The Balaban J connectivity index is 1.46. The minimum atomic E-state index is -1.48. The van der Waals surface area contributed by atoms with Gasteiger partial charge in [-0.3, -0.25) is 0 Å². The number of rotatable bonds is 4. The van der Waals surface area contributed by atoms with Gasteiger partial charge in [-0.2, -0.15) is 0 Å². The third-order valence-electron chi connectivity index (χ3n) is 6.09. The Labute approximate surface area is 194 Å². The van der Waals surface area contributed by atoms with Crippen LogP contribution in [0.25, 0.3) is 11.8 Å². The summed E-state index contributed by atoms with van der Waals surface area (Å²) in [5, 5.41) is 4.25. The van der Waals surface area contributed by atoms with E-state index in [4.69, 9.17) is 9.57 Å². The van der Waals surface area contributed by atoms with E-state index in [1.807, 2.05) is 46.9 Å². The Kier molecular flexibility index (Phi) is 5.77. The van der Waals surface area contributed by atoms with Crippen LogP contribution in [-0.4, -0.2) is 40.5 Å². The topological polar surface area (TPSA) is 51.9 Å². The molecule has 0 spiro atoms. The van der Waals surface area contributed by atoms with Crippen LogP contribution in [0.4, 0.5) is 13.2 Å². The molecule has 0 radical (unpaired) electrons. The number of hydrogen-bond donors (Lipinski definition) is 0. The maximum Gasteiger partial charge on any atom is 0.194 e. The monoisotopic (exact) mass is 468 g/mol. The number of nitrogens with zero attached hydrogens (tertiary/aromatic N) is 4. The second-order valence-corrected chi connectivity index (χ2v) is 8.35. The van der Waals surface area contributed by atoms with Gasteiger partial charge >= 0.3 is 0 Å². The van der Waals surface area contributed by atoms with Gasteiger partial charge in [0, 0.05) is 12.7 Å². The molecule has 2 aromatic carbocycles. The van der Waals surface area contributed by atoms with Gasteiger partial charge in [0.05, 0.1) is 30.9 Å². The van der Waals surface area contributed by atoms with Gasteiger partial charge < -0.3 is 19.0 Å². The number of aryl methyl sites for hydroxylation is 1. The van der Waals surface area contributed by atoms with E-state index in [2.05, 4.69) is 10.1 Å². The van der Waals surface area contributed by atoms with E-state index in [1.165, 1.54) is 0 Å². The fraction of sp³-hybridized carbons (Fsp3) is 0.280. The van der Waals surface area contributed by atoms with Crippen molar-refractivity contribution in [2.24, 2.45) is 5.16 Å². The van der Waals surface area contributed by atoms with Gasteiger partial charge in [-0.1, -0.05) is 11.2 Å². The minimum absolute atomic E-state index is 0.119. The number of ether oxygens (including phenoxy) is 1. The van der Waals surface area contributed by atoms with Gasteiger partial charge in [0.15, 0.2) is 23.3 Å². The fourth-order valence-electron chi connectivity index (χ4n) is 4.45. The number of hydrogen-bond acceptors (Lipinski definition) is 5. The molecule has 2 aliphatic heterocycles. The first-order chi connectivity index (χ1) is 16.4. The predicted octanol–water partition coefficient (Wildman–Crippen LogP) is 5.17. The van der Waals surface area contributed by atoms with Crippen molar-refractivity contribution in [1.82, 2.24) is 14.5 Å². The van der Waals surface area contributed by atoms with Gasteiger partial charge in [0.2, 0.25) is 0 Å². The number of benzene rings is 2. The summed E-state index contributed by atoms with van der Waals surface area (Å²) >= 11 is 0. The molecule has 6 nitrogen and oxygen atoms in total. The van der Waals surface area contributed by atoms with Crippen molar-refractivity contribution >= 4 is 11.9 Å². The Morgan fingerprint density at radius 1 is 1.15 bits per heavy atom. The second kappa shape index (κ2) is 8.89. The molecule has 3 aromatic rings. The van der Waals surface area contributed by atoms with Crippen molar-refractivity contribution in [2.75, 3.05) is 20.3 Å². The molecule has 0 bridgehead atoms. The average Bonchev–Trinajstić information content (AvgIpc) is 3.28. The van der Waals surface area contributed by atoms with Crippen LogP contribution in [-0.2, 0) is 4.84 Å². The summed E-state index contributed by atoms with van der Waals surface area (Å²) < 4.78 is 48.7. The summed E-state index contributed by atoms with van der Waals surface area (Å²) in [4.78, 5) is 11.7. The molecule has 0 amide bonds. The zero-order valence-electron chi connectivity index (χ0n) is 18.8. The van der Waals surface area contributed by atoms with Crippen LogP contribution in [0, 0.1) is 24.4 Å². The van der Waals surface area contributed by atoms with Crippen molar-refractivity contribution < 1.29 is 22.7 Å². The second-order valence-electron chi connectivity index (χ2n) is 8.35. The first-order valence-electron chi connectivity index (χ1n) is 11.0. The van der Waals surface area contributed by atoms with Gasteiger partial charge in [0.25, 0.3) is 0 Å². The summed E-state index contributed by atoms with van der Waals surface area (Å²) in [6.07, 6.45) is 7.26. The summed E-state index contributed by atoms with van der Waals surface area (Å²) in [5.74, 6) is -2.60. The fourth-order valence-corrected chi connectivity index (χ4v) is 4.45. The molecule has 1 saturated heterocycles.